The summed E-state index contributed by atoms with van der Waals surface area (Å²) in [6.45, 7) is 2.17. The fraction of sp³-hybridized carbons (Fsp3) is 0.294. The zero-order valence-electron chi connectivity index (χ0n) is 12.5. The van der Waals surface area contributed by atoms with E-state index in [-0.39, 0.29) is 5.88 Å². The lowest BCUT2D eigenvalue weighted by atomic mass is 10.0. The van der Waals surface area contributed by atoms with Crippen LogP contribution in [0, 0.1) is 11.3 Å². The Labute approximate surface area is 139 Å². The van der Waals surface area contributed by atoms with Crippen LogP contribution in [0.25, 0.3) is 11.1 Å². The van der Waals surface area contributed by atoms with Gasteiger partial charge in [0.25, 0.3) is 0 Å². The van der Waals surface area contributed by atoms with Gasteiger partial charge in [-0.1, -0.05) is 55.4 Å². The van der Waals surface area contributed by atoms with Gasteiger partial charge in [-0.2, -0.15) is 17.0 Å². The summed E-state index contributed by atoms with van der Waals surface area (Å²) in [7, 11) is 0. The number of hydrogen-bond donors (Lipinski definition) is 1. The number of benzene rings is 1. The Morgan fingerprint density at radius 3 is 2.73 bits per heavy atom. The van der Waals surface area contributed by atoms with Gasteiger partial charge in [-0.3, -0.25) is 0 Å². The maximum Gasteiger partial charge on any atom is 0.212 e. The average molecular weight is 330 g/mol. The maximum atomic E-state index is 9.88. The molecule has 0 spiro atoms. The van der Waals surface area contributed by atoms with E-state index in [0.29, 0.717) is 10.6 Å². The standard InChI is InChI=1S/C17H18N2OS2/c1-2-3-9-21-12-22-17-15(11-18)14(10-16(20)19-17)13-7-5-4-6-8-13/h4-8,10H,2-3,9,12H2,1H3,(H,19,20). The van der Waals surface area contributed by atoms with E-state index in [0.717, 1.165) is 22.0 Å². The van der Waals surface area contributed by atoms with Gasteiger partial charge >= 0.3 is 0 Å². The summed E-state index contributed by atoms with van der Waals surface area (Å²) in [5.74, 6) is 1.06. The Bertz CT molecular complexity index is 654. The first-order valence-electron chi connectivity index (χ1n) is 7.16. The minimum Gasteiger partial charge on any atom is -0.493 e. The first kappa shape index (κ1) is 16.7. The van der Waals surface area contributed by atoms with Crippen molar-refractivity contribution >= 4 is 23.5 Å². The van der Waals surface area contributed by atoms with E-state index in [9.17, 15) is 10.4 Å². The number of thioether (sulfide) groups is 2. The molecule has 0 atom stereocenters. The molecular weight excluding hydrogens is 312 g/mol. The fourth-order valence-corrected chi connectivity index (χ4v) is 4.17. The van der Waals surface area contributed by atoms with E-state index in [1.165, 1.54) is 24.6 Å². The molecule has 0 saturated heterocycles. The lowest BCUT2D eigenvalue weighted by molar-refractivity contribution is 0.449. The van der Waals surface area contributed by atoms with Gasteiger partial charge in [-0.15, -0.1) is 0 Å². The summed E-state index contributed by atoms with van der Waals surface area (Å²) in [6, 6.07) is 13.4. The zero-order valence-corrected chi connectivity index (χ0v) is 14.1. The van der Waals surface area contributed by atoms with E-state index < -0.39 is 0 Å². The Hall–Kier alpha value is -1.64. The first-order valence-corrected chi connectivity index (χ1v) is 9.30. The predicted octanol–water partition coefficient (Wildman–Crippen LogP) is 4.91. The van der Waals surface area contributed by atoms with Crippen LogP contribution in [0.15, 0.2) is 41.4 Å². The monoisotopic (exact) mass is 330 g/mol. The lowest BCUT2D eigenvalue weighted by Gasteiger charge is -2.09. The van der Waals surface area contributed by atoms with E-state index in [2.05, 4.69) is 18.0 Å². The highest BCUT2D eigenvalue weighted by molar-refractivity contribution is 8.15. The molecule has 0 bridgehead atoms. The molecule has 1 heterocycles. The van der Waals surface area contributed by atoms with Gasteiger partial charge in [-0.05, 0) is 17.7 Å². The van der Waals surface area contributed by atoms with Crippen LogP contribution in [0.4, 0.5) is 0 Å². The number of rotatable bonds is 7. The maximum absolute atomic E-state index is 9.88. The van der Waals surface area contributed by atoms with Crippen molar-refractivity contribution in [1.82, 2.24) is 4.98 Å². The zero-order chi connectivity index (χ0) is 15.8. The molecule has 22 heavy (non-hydrogen) atoms. The molecule has 0 aliphatic heterocycles. The third kappa shape index (κ3) is 4.43. The average Bonchev–Trinajstić information content (AvgIpc) is 2.55. The van der Waals surface area contributed by atoms with Crippen molar-refractivity contribution < 1.29 is 5.11 Å². The molecule has 0 fully saturated rings. The summed E-state index contributed by atoms with van der Waals surface area (Å²) in [6.07, 6.45) is 2.38. The van der Waals surface area contributed by atoms with Crippen LogP contribution >= 0.6 is 23.5 Å². The highest BCUT2D eigenvalue weighted by Gasteiger charge is 2.14. The SMILES string of the molecule is CCCCSCSc1nc(O)cc(-c2ccccc2)c1C#N. The minimum atomic E-state index is -0.0427. The molecule has 0 saturated carbocycles. The van der Waals surface area contributed by atoms with Gasteiger partial charge < -0.3 is 5.11 Å². The molecule has 0 unspecified atom stereocenters. The molecule has 2 aromatic rings. The summed E-state index contributed by atoms with van der Waals surface area (Å²) < 4.78 is 0. The highest BCUT2D eigenvalue weighted by Crippen LogP contribution is 2.34. The summed E-state index contributed by atoms with van der Waals surface area (Å²) in [5, 5.41) is 20.8. The Kier molecular flexibility index (Phi) is 6.63. The van der Waals surface area contributed by atoms with Crippen molar-refractivity contribution in [2.24, 2.45) is 0 Å². The predicted molar refractivity (Wildman–Crippen MR) is 94.1 cm³/mol. The largest absolute Gasteiger partial charge is 0.493 e. The summed E-state index contributed by atoms with van der Waals surface area (Å²) in [5.41, 5.74) is 2.18. The van der Waals surface area contributed by atoms with Gasteiger partial charge in [-0.25, -0.2) is 4.98 Å². The molecule has 0 aliphatic carbocycles. The van der Waals surface area contributed by atoms with E-state index in [1.807, 2.05) is 42.1 Å². The molecule has 0 aliphatic rings. The number of aromatic hydroxyl groups is 1. The van der Waals surface area contributed by atoms with E-state index in [4.69, 9.17) is 0 Å². The topological polar surface area (TPSA) is 56.9 Å². The molecule has 114 valence electrons. The van der Waals surface area contributed by atoms with Gasteiger partial charge in [0.2, 0.25) is 5.88 Å². The van der Waals surface area contributed by atoms with Crippen LogP contribution in [0.3, 0.4) is 0 Å². The summed E-state index contributed by atoms with van der Waals surface area (Å²) in [4.78, 5) is 4.13. The number of nitriles is 1. The van der Waals surface area contributed by atoms with Crippen LogP contribution in [0.2, 0.25) is 0 Å². The Morgan fingerprint density at radius 2 is 2.05 bits per heavy atom. The van der Waals surface area contributed by atoms with Crippen molar-refractivity contribution in [3.63, 3.8) is 0 Å². The van der Waals surface area contributed by atoms with E-state index in [1.54, 1.807) is 6.07 Å². The second kappa shape index (κ2) is 8.72. The number of hydrogen-bond acceptors (Lipinski definition) is 5. The number of pyridine rings is 1. The number of aromatic nitrogens is 1. The normalized spacial score (nSPS) is 10.4. The fourth-order valence-electron chi connectivity index (χ4n) is 1.97. The first-order chi connectivity index (χ1) is 10.8. The van der Waals surface area contributed by atoms with Crippen LogP contribution in [-0.2, 0) is 0 Å². The smallest absolute Gasteiger partial charge is 0.212 e. The van der Waals surface area contributed by atoms with Crippen molar-refractivity contribution in [2.45, 2.75) is 24.8 Å². The quantitative estimate of drug-likeness (QED) is 0.444. The third-order valence-corrected chi connectivity index (χ3v) is 5.37. The van der Waals surface area contributed by atoms with Gasteiger partial charge in [0, 0.05) is 16.7 Å². The molecule has 3 nitrogen and oxygen atoms in total. The number of nitrogens with zero attached hydrogens (tertiary/aromatic N) is 2. The van der Waals surface area contributed by atoms with Crippen molar-refractivity contribution in [1.29, 1.82) is 5.26 Å². The van der Waals surface area contributed by atoms with Gasteiger partial charge in [0.05, 0.1) is 5.56 Å². The minimum absolute atomic E-state index is 0.0427. The van der Waals surface area contributed by atoms with Gasteiger partial charge in [0.15, 0.2) is 0 Å². The van der Waals surface area contributed by atoms with Crippen LogP contribution in [0.1, 0.15) is 25.3 Å². The molecule has 5 heteroatoms. The lowest BCUT2D eigenvalue weighted by Crippen LogP contribution is -1.93. The second-order valence-corrected chi connectivity index (χ2v) is 7.14. The molecular formula is C17H18N2OS2. The Morgan fingerprint density at radius 1 is 1.27 bits per heavy atom. The van der Waals surface area contributed by atoms with Crippen molar-refractivity contribution in [2.75, 3.05) is 10.8 Å². The third-order valence-electron chi connectivity index (χ3n) is 3.09. The van der Waals surface area contributed by atoms with Crippen LogP contribution in [-0.4, -0.2) is 20.9 Å². The molecule has 0 radical (unpaired) electrons. The molecule has 2 rings (SSSR count). The van der Waals surface area contributed by atoms with Crippen LogP contribution in [0.5, 0.6) is 5.88 Å². The Balaban J connectivity index is 2.23. The molecule has 1 aromatic carbocycles. The van der Waals surface area contributed by atoms with Gasteiger partial charge in [0.1, 0.15) is 11.1 Å². The summed E-state index contributed by atoms with van der Waals surface area (Å²) >= 11 is 3.35. The highest BCUT2D eigenvalue weighted by atomic mass is 32.2. The number of unbranched alkanes of at least 4 members (excludes halogenated alkanes) is 1. The molecule has 0 amide bonds. The van der Waals surface area contributed by atoms with E-state index >= 15 is 0 Å². The van der Waals surface area contributed by atoms with Crippen molar-refractivity contribution in [3.05, 3.63) is 42.0 Å². The van der Waals surface area contributed by atoms with Crippen LogP contribution < -0.4 is 0 Å². The van der Waals surface area contributed by atoms with Crippen molar-refractivity contribution in [3.8, 4) is 23.1 Å². The molecule has 1 N–H and O–H groups in total. The molecule has 1 aromatic heterocycles. The second-order valence-electron chi connectivity index (χ2n) is 4.71.